The number of carboxylic acid groups (broad SMARTS) is 1. The molecule has 1 aromatic carbocycles. The van der Waals surface area contributed by atoms with Crippen LogP contribution in [-0.4, -0.2) is 48.3 Å². The number of carbonyl (C=O) groups excluding carboxylic acids is 1. The first kappa shape index (κ1) is 19.0. The predicted molar refractivity (Wildman–Crippen MR) is 94.5 cm³/mol. The molecule has 2 aromatic heterocycles. The molecular formula is C18H16N2O8. The monoisotopic (exact) mass is 388 g/mol. The molecule has 0 aliphatic rings. The Balaban J connectivity index is 2.14. The second kappa shape index (κ2) is 7.43. The maximum absolute atomic E-state index is 12.0. The second-order valence-corrected chi connectivity index (χ2v) is 5.51. The lowest BCUT2D eigenvalue weighted by Crippen LogP contribution is -2.05. The number of ether oxygens (including phenoxy) is 4. The summed E-state index contributed by atoms with van der Waals surface area (Å²) in [4.78, 5) is 31.9. The summed E-state index contributed by atoms with van der Waals surface area (Å²) in [5, 5.41) is 9.72. The van der Waals surface area contributed by atoms with E-state index in [1.165, 1.54) is 46.5 Å². The molecule has 0 aliphatic carbocycles. The van der Waals surface area contributed by atoms with Crippen molar-refractivity contribution < 1.29 is 38.1 Å². The minimum atomic E-state index is -1.27. The summed E-state index contributed by atoms with van der Waals surface area (Å²) in [5.41, 5.74) is -0.0111. The van der Waals surface area contributed by atoms with Gasteiger partial charge in [0.25, 0.3) is 0 Å². The van der Waals surface area contributed by atoms with E-state index in [1.807, 2.05) is 0 Å². The van der Waals surface area contributed by atoms with E-state index in [0.29, 0.717) is 0 Å². The number of hydrogen-bond acceptors (Lipinski definition) is 9. The number of aromatic nitrogens is 2. The summed E-state index contributed by atoms with van der Waals surface area (Å²) < 4.78 is 25.9. The Labute approximate surface area is 158 Å². The number of hydrogen-bond donors (Lipinski definition) is 1. The molecule has 3 rings (SSSR count). The second-order valence-electron chi connectivity index (χ2n) is 5.51. The summed E-state index contributed by atoms with van der Waals surface area (Å²) in [7, 11) is 4.03. The van der Waals surface area contributed by atoms with Crippen LogP contribution in [0.25, 0.3) is 11.0 Å². The van der Waals surface area contributed by atoms with Crippen LogP contribution in [0.2, 0.25) is 0 Å². The average Bonchev–Trinajstić information content (AvgIpc) is 3.01. The van der Waals surface area contributed by atoms with Gasteiger partial charge in [0.05, 0.1) is 33.0 Å². The average molecular weight is 388 g/mol. The van der Waals surface area contributed by atoms with E-state index in [4.69, 9.17) is 23.4 Å². The molecule has 10 heteroatoms. The fraction of sp³-hybridized carbons (Fsp3) is 0.222. The minimum absolute atomic E-state index is 0.0424. The molecule has 2 heterocycles. The number of fused-ring (bicyclic) bond motifs is 1. The van der Waals surface area contributed by atoms with E-state index >= 15 is 0 Å². The Hall–Kier alpha value is -3.82. The molecule has 0 amide bonds. The smallest absolute Gasteiger partial charge is 0.342 e. The Morgan fingerprint density at radius 3 is 2.21 bits per heavy atom. The first-order chi connectivity index (χ1) is 13.4. The Bertz CT molecular complexity index is 1050. The van der Waals surface area contributed by atoms with Crippen molar-refractivity contribution in [3.8, 4) is 23.5 Å². The molecule has 0 saturated heterocycles. The van der Waals surface area contributed by atoms with Gasteiger partial charge < -0.3 is 28.5 Å². The van der Waals surface area contributed by atoms with Crippen LogP contribution in [0.15, 0.2) is 22.6 Å². The SMILES string of the molecule is COC(=O)c1c(C)oc2cc(Oc3nc(OC)cc(OC)n3)cc(C(=O)O)c12. The summed E-state index contributed by atoms with van der Waals surface area (Å²) in [6.45, 7) is 1.54. The standard InChI is InChI=1S/C18H16N2O8/c1-8-14(17(23)26-4)15-10(16(21)22)5-9(6-11(15)27-8)28-18-19-12(24-2)7-13(20-18)25-3/h5-7H,1-4H3,(H,21,22). The molecule has 0 spiro atoms. The first-order valence-electron chi connectivity index (χ1n) is 7.91. The number of aromatic carboxylic acids is 1. The van der Waals surface area contributed by atoms with Crippen LogP contribution in [0.1, 0.15) is 26.5 Å². The van der Waals surface area contributed by atoms with Crippen LogP contribution in [0.5, 0.6) is 23.5 Å². The predicted octanol–water partition coefficient (Wildman–Crippen LogP) is 2.83. The molecule has 1 N–H and O–H groups in total. The van der Waals surface area contributed by atoms with Crippen molar-refractivity contribution in [3.05, 3.63) is 35.1 Å². The van der Waals surface area contributed by atoms with Crippen LogP contribution in [0.4, 0.5) is 0 Å². The molecule has 3 aromatic rings. The van der Waals surface area contributed by atoms with Gasteiger partial charge in [0.2, 0.25) is 11.8 Å². The number of aryl methyl sites for hydroxylation is 1. The van der Waals surface area contributed by atoms with Crippen molar-refractivity contribution in [1.82, 2.24) is 9.97 Å². The van der Waals surface area contributed by atoms with Crippen LogP contribution in [0, 0.1) is 6.92 Å². The van der Waals surface area contributed by atoms with Gasteiger partial charge in [0.1, 0.15) is 22.7 Å². The van der Waals surface area contributed by atoms with Gasteiger partial charge in [-0.1, -0.05) is 0 Å². The van der Waals surface area contributed by atoms with Crippen molar-refractivity contribution in [2.24, 2.45) is 0 Å². The van der Waals surface area contributed by atoms with E-state index in [0.717, 1.165) is 0 Å². The zero-order valence-electron chi connectivity index (χ0n) is 15.4. The first-order valence-corrected chi connectivity index (χ1v) is 7.91. The highest BCUT2D eigenvalue weighted by Gasteiger charge is 2.25. The van der Waals surface area contributed by atoms with Gasteiger partial charge in [-0.15, -0.1) is 0 Å². The van der Waals surface area contributed by atoms with Crippen molar-refractivity contribution in [2.45, 2.75) is 6.92 Å². The quantitative estimate of drug-likeness (QED) is 0.629. The number of carbonyl (C=O) groups is 2. The highest BCUT2D eigenvalue weighted by Crippen LogP contribution is 2.34. The van der Waals surface area contributed by atoms with Crippen molar-refractivity contribution in [3.63, 3.8) is 0 Å². The minimum Gasteiger partial charge on any atom is -0.481 e. The van der Waals surface area contributed by atoms with Crippen molar-refractivity contribution in [1.29, 1.82) is 0 Å². The van der Waals surface area contributed by atoms with Gasteiger partial charge in [0.15, 0.2) is 0 Å². The van der Waals surface area contributed by atoms with Gasteiger partial charge in [-0.3, -0.25) is 0 Å². The van der Waals surface area contributed by atoms with E-state index in [-0.39, 0.29) is 51.4 Å². The third-order valence-corrected chi connectivity index (χ3v) is 3.85. The number of esters is 1. The number of nitrogens with zero attached hydrogens (tertiary/aromatic N) is 2. The highest BCUT2D eigenvalue weighted by molar-refractivity contribution is 6.13. The number of carboxylic acids is 1. The summed E-state index contributed by atoms with van der Waals surface area (Å²) in [6.07, 6.45) is 0. The fourth-order valence-corrected chi connectivity index (χ4v) is 2.64. The van der Waals surface area contributed by atoms with E-state index in [2.05, 4.69) is 9.97 Å². The molecule has 28 heavy (non-hydrogen) atoms. The van der Waals surface area contributed by atoms with Crippen LogP contribution in [0.3, 0.4) is 0 Å². The van der Waals surface area contributed by atoms with Crippen molar-refractivity contribution in [2.75, 3.05) is 21.3 Å². The molecule has 0 atom stereocenters. The van der Waals surface area contributed by atoms with Gasteiger partial charge in [-0.25, -0.2) is 9.59 Å². The maximum Gasteiger partial charge on any atom is 0.342 e. The molecule has 0 saturated carbocycles. The number of methoxy groups -OCH3 is 3. The number of rotatable bonds is 6. The van der Waals surface area contributed by atoms with Gasteiger partial charge >= 0.3 is 17.9 Å². The summed E-state index contributed by atoms with van der Waals surface area (Å²) >= 11 is 0. The molecule has 0 aliphatic heterocycles. The van der Waals surface area contributed by atoms with Crippen molar-refractivity contribution >= 4 is 22.9 Å². The molecular weight excluding hydrogens is 372 g/mol. The Kier molecular flexibility index (Phi) is 5.03. The molecule has 10 nitrogen and oxygen atoms in total. The molecule has 0 bridgehead atoms. The van der Waals surface area contributed by atoms with Crippen LogP contribution >= 0.6 is 0 Å². The Morgan fingerprint density at radius 2 is 1.68 bits per heavy atom. The molecule has 0 radical (unpaired) electrons. The number of benzene rings is 1. The van der Waals surface area contributed by atoms with E-state index in [9.17, 15) is 14.7 Å². The zero-order chi connectivity index (χ0) is 20.4. The van der Waals surface area contributed by atoms with Crippen LogP contribution < -0.4 is 14.2 Å². The normalized spacial score (nSPS) is 10.6. The van der Waals surface area contributed by atoms with Gasteiger partial charge in [0, 0.05) is 11.5 Å². The van der Waals surface area contributed by atoms with Gasteiger partial charge in [-0.05, 0) is 13.0 Å². The molecule has 0 unspecified atom stereocenters. The maximum atomic E-state index is 12.0. The van der Waals surface area contributed by atoms with Gasteiger partial charge in [-0.2, -0.15) is 9.97 Å². The molecule has 146 valence electrons. The topological polar surface area (TPSA) is 130 Å². The highest BCUT2D eigenvalue weighted by atomic mass is 16.5. The largest absolute Gasteiger partial charge is 0.481 e. The molecule has 0 fully saturated rings. The summed E-state index contributed by atoms with van der Waals surface area (Å²) in [6, 6.07) is 4.00. The lowest BCUT2D eigenvalue weighted by molar-refractivity contribution is 0.0600. The zero-order valence-corrected chi connectivity index (χ0v) is 15.4. The number of furan rings is 1. The third kappa shape index (κ3) is 3.39. The van der Waals surface area contributed by atoms with Crippen LogP contribution in [-0.2, 0) is 4.74 Å². The lowest BCUT2D eigenvalue weighted by atomic mass is 10.0. The van der Waals surface area contributed by atoms with E-state index < -0.39 is 11.9 Å². The Morgan fingerprint density at radius 1 is 1.04 bits per heavy atom. The fourth-order valence-electron chi connectivity index (χ4n) is 2.64. The van der Waals surface area contributed by atoms with E-state index in [1.54, 1.807) is 0 Å². The third-order valence-electron chi connectivity index (χ3n) is 3.85. The summed E-state index contributed by atoms with van der Waals surface area (Å²) in [5.74, 6) is -1.27. The lowest BCUT2D eigenvalue weighted by Gasteiger charge is -2.08.